The monoisotopic (exact) mass is 557 g/mol. The first-order valence-corrected chi connectivity index (χ1v) is 15.7. The Hall–Kier alpha value is -2.12. The maximum absolute atomic E-state index is 13.3. The van der Waals surface area contributed by atoms with Gasteiger partial charge in [-0.05, 0) is 57.1 Å². The molecule has 3 rings (SSSR count). The summed E-state index contributed by atoms with van der Waals surface area (Å²) in [7, 11) is 1.71. The second kappa shape index (κ2) is 14.7. The minimum Gasteiger partial charge on any atom is -0.487 e. The molecule has 7 nitrogen and oxygen atoms in total. The topological polar surface area (TPSA) is 90.9 Å². The third-order valence-electron chi connectivity index (χ3n) is 8.87. The summed E-state index contributed by atoms with van der Waals surface area (Å²) in [6.45, 7) is 12.9. The van der Waals surface area contributed by atoms with E-state index in [4.69, 9.17) is 4.74 Å². The van der Waals surface area contributed by atoms with Crippen LogP contribution in [-0.4, -0.2) is 59.2 Å². The van der Waals surface area contributed by atoms with Gasteiger partial charge < -0.3 is 25.4 Å². The molecule has 1 aromatic rings. The fourth-order valence-corrected chi connectivity index (χ4v) is 6.03. The number of aliphatic hydroxyl groups excluding tert-OH is 1. The van der Waals surface area contributed by atoms with Gasteiger partial charge in [0.25, 0.3) is 0 Å². The summed E-state index contributed by atoms with van der Waals surface area (Å²) in [5, 5.41) is 18.2. The molecule has 5 atom stereocenters. The number of fused-ring (bicyclic) bond motifs is 1. The lowest BCUT2D eigenvalue weighted by atomic mass is 9.87. The Morgan fingerprint density at radius 3 is 2.48 bits per heavy atom. The summed E-state index contributed by atoms with van der Waals surface area (Å²) in [6, 6.07) is 5.48. The molecule has 226 valence electrons. The summed E-state index contributed by atoms with van der Waals surface area (Å²) in [5.74, 6) is 1.47. The second-order valence-corrected chi connectivity index (χ2v) is 13.3. The van der Waals surface area contributed by atoms with Crippen molar-refractivity contribution in [1.29, 1.82) is 0 Å². The van der Waals surface area contributed by atoms with E-state index in [1.165, 1.54) is 18.4 Å². The van der Waals surface area contributed by atoms with Crippen LogP contribution in [-0.2, 0) is 9.59 Å². The Morgan fingerprint density at radius 2 is 1.77 bits per heavy atom. The molecule has 0 unspecified atom stereocenters. The van der Waals surface area contributed by atoms with E-state index in [1.54, 1.807) is 18.9 Å². The van der Waals surface area contributed by atoms with Crippen LogP contribution in [0.5, 0.6) is 5.75 Å². The van der Waals surface area contributed by atoms with E-state index in [2.05, 4.69) is 63.5 Å². The number of benzene rings is 1. The Kier molecular flexibility index (Phi) is 11.9. The van der Waals surface area contributed by atoms with Gasteiger partial charge in [0, 0.05) is 38.0 Å². The zero-order valence-electron chi connectivity index (χ0n) is 26.1. The standard InChI is InChI=1S/C33H55N3O4/c1-22(2)25-16-17-30-26(19-25)28(20-33(5,6)40-30)34-21-29(37)27-18-23(3)14-12-10-8-9-11-13-15-31(38)36(7)24(4)32(39)35-27/h16-17,19,22-24,27-29,34,37H,8-15,18,20-21H2,1-7H3,(H,35,39)/t23-,24+,27+,28+,29-/m1/s1. The normalized spacial score (nSPS) is 28.0. The van der Waals surface area contributed by atoms with Crippen LogP contribution in [0.2, 0.25) is 0 Å². The number of nitrogens with one attached hydrogen (secondary N) is 2. The Balaban J connectivity index is 1.75. The molecule has 2 aliphatic rings. The minimum absolute atomic E-state index is 0.00319. The zero-order valence-corrected chi connectivity index (χ0v) is 26.1. The lowest BCUT2D eigenvalue weighted by Crippen LogP contribution is -2.54. The molecule has 2 aliphatic heterocycles. The van der Waals surface area contributed by atoms with Crippen molar-refractivity contribution in [2.24, 2.45) is 5.92 Å². The minimum atomic E-state index is -0.763. The SMILES string of the molecule is CC(C)c1ccc2c(c1)[C@@H](NC[C@@H](O)[C@@H]1C[C@H](C)CCCCCCCCC(=O)N(C)[C@@H](C)C(=O)N1)CC(C)(C)O2. The first kappa shape index (κ1) is 32.4. The van der Waals surface area contributed by atoms with Crippen LogP contribution in [0.25, 0.3) is 0 Å². The molecule has 1 fully saturated rings. The van der Waals surface area contributed by atoms with Crippen molar-refractivity contribution in [2.45, 2.75) is 141 Å². The summed E-state index contributed by atoms with van der Waals surface area (Å²) in [6.07, 6.45) is 8.90. The molecule has 0 aliphatic carbocycles. The summed E-state index contributed by atoms with van der Waals surface area (Å²) in [4.78, 5) is 27.5. The largest absolute Gasteiger partial charge is 0.487 e. The van der Waals surface area contributed by atoms with Gasteiger partial charge in [0.2, 0.25) is 11.8 Å². The maximum Gasteiger partial charge on any atom is 0.242 e. The summed E-state index contributed by atoms with van der Waals surface area (Å²) >= 11 is 0. The molecule has 0 radical (unpaired) electrons. The van der Waals surface area contributed by atoms with Crippen molar-refractivity contribution in [2.75, 3.05) is 13.6 Å². The van der Waals surface area contributed by atoms with E-state index in [9.17, 15) is 14.7 Å². The second-order valence-electron chi connectivity index (χ2n) is 13.3. The molecule has 2 heterocycles. The van der Waals surface area contributed by atoms with Gasteiger partial charge in [-0.15, -0.1) is 0 Å². The highest BCUT2D eigenvalue weighted by Gasteiger charge is 2.35. The molecule has 0 aromatic heterocycles. The van der Waals surface area contributed by atoms with Crippen molar-refractivity contribution in [3.8, 4) is 5.75 Å². The van der Waals surface area contributed by atoms with Gasteiger partial charge in [-0.1, -0.05) is 71.4 Å². The smallest absolute Gasteiger partial charge is 0.242 e. The molecule has 0 bridgehead atoms. The summed E-state index contributed by atoms with van der Waals surface area (Å²) < 4.78 is 6.29. The first-order chi connectivity index (χ1) is 18.9. The molecule has 40 heavy (non-hydrogen) atoms. The van der Waals surface area contributed by atoms with E-state index >= 15 is 0 Å². The van der Waals surface area contributed by atoms with Gasteiger partial charge >= 0.3 is 0 Å². The Morgan fingerprint density at radius 1 is 1.10 bits per heavy atom. The number of hydrogen-bond acceptors (Lipinski definition) is 5. The molecule has 7 heteroatoms. The molecular formula is C33H55N3O4. The quantitative estimate of drug-likeness (QED) is 0.422. The van der Waals surface area contributed by atoms with E-state index in [1.807, 2.05) is 0 Å². The zero-order chi connectivity index (χ0) is 29.4. The number of carbonyl (C=O) groups excluding carboxylic acids is 2. The fraction of sp³-hybridized carbons (Fsp3) is 0.758. The predicted octanol–water partition coefficient (Wildman–Crippen LogP) is 5.86. The van der Waals surface area contributed by atoms with Gasteiger partial charge in [0.1, 0.15) is 17.4 Å². The molecule has 2 amide bonds. The van der Waals surface area contributed by atoms with Crippen molar-refractivity contribution in [3.63, 3.8) is 0 Å². The van der Waals surface area contributed by atoms with Crippen LogP contribution in [0.15, 0.2) is 18.2 Å². The summed E-state index contributed by atoms with van der Waals surface area (Å²) in [5.41, 5.74) is 2.06. The third kappa shape index (κ3) is 9.20. The number of aliphatic hydroxyl groups is 1. The van der Waals surface area contributed by atoms with Crippen LogP contribution < -0.4 is 15.4 Å². The van der Waals surface area contributed by atoms with Gasteiger partial charge in [-0.3, -0.25) is 9.59 Å². The molecular weight excluding hydrogens is 502 g/mol. The van der Waals surface area contributed by atoms with Crippen molar-refractivity contribution in [3.05, 3.63) is 29.3 Å². The van der Waals surface area contributed by atoms with Crippen molar-refractivity contribution in [1.82, 2.24) is 15.5 Å². The highest BCUT2D eigenvalue weighted by Crippen LogP contribution is 2.40. The molecule has 1 saturated heterocycles. The van der Waals surface area contributed by atoms with Crippen LogP contribution >= 0.6 is 0 Å². The lowest BCUT2D eigenvalue weighted by molar-refractivity contribution is -0.139. The number of hydrogen-bond donors (Lipinski definition) is 3. The molecule has 1 aromatic carbocycles. The number of ether oxygens (including phenoxy) is 1. The fourth-order valence-electron chi connectivity index (χ4n) is 6.03. The van der Waals surface area contributed by atoms with E-state index < -0.39 is 18.2 Å². The Bertz CT molecular complexity index is 978. The third-order valence-corrected chi connectivity index (χ3v) is 8.87. The predicted molar refractivity (Wildman–Crippen MR) is 161 cm³/mol. The average Bonchev–Trinajstić information content (AvgIpc) is 2.90. The van der Waals surface area contributed by atoms with Crippen LogP contribution in [0.4, 0.5) is 0 Å². The highest BCUT2D eigenvalue weighted by molar-refractivity contribution is 5.87. The van der Waals surface area contributed by atoms with Gasteiger partial charge in [0.05, 0.1) is 12.1 Å². The molecule has 0 spiro atoms. The molecule has 0 saturated carbocycles. The number of amides is 2. The first-order valence-electron chi connectivity index (χ1n) is 15.7. The molecule has 3 N–H and O–H groups in total. The highest BCUT2D eigenvalue weighted by atomic mass is 16.5. The van der Waals surface area contributed by atoms with Gasteiger partial charge in [0.15, 0.2) is 0 Å². The van der Waals surface area contributed by atoms with E-state index in [-0.39, 0.29) is 23.5 Å². The van der Waals surface area contributed by atoms with E-state index in [0.29, 0.717) is 31.2 Å². The van der Waals surface area contributed by atoms with E-state index in [0.717, 1.165) is 49.8 Å². The van der Waals surface area contributed by atoms with Crippen molar-refractivity contribution >= 4 is 11.8 Å². The number of nitrogens with zero attached hydrogens (tertiary/aromatic N) is 1. The van der Waals surface area contributed by atoms with Crippen LogP contribution in [0, 0.1) is 5.92 Å². The number of likely N-dealkylation sites (N-methyl/N-ethyl adjacent to an activating group) is 1. The van der Waals surface area contributed by atoms with Gasteiger partial charge in [-0.2, -0.15) is 0 Å². The number of rotatable bonds is 5. The Labute approximate surface area is 242 Å². The van der Waals surface area contributed by atoms with Crippen LogP contribution in [0.1, 0.15) is 129 Å². The lowest BCUT2D eigenvalue weighted by Gasteiger charge is -2.39. The average molecular weight is 558 g/mol. The van der Waals surface area contributed by atoms with Gasteiger partial charge in [-0.25, -0.2) is 0 Å². The number of carbonyl (C=O) groups is 2. The van der Waals surface area contributed by atoms with Crippen molar-refractivity contribution < 1.29 is 19.4 Å². The van der Waals surface area contributed by atoms with Crippen LogP contribution in [0.3, 0.4) is 0 Å². The maximum atomic E-state index is 13.3.